The third-order valence-corrected chi connectivity index (χ3v) is 3.74. The van der Waals surface area contributed by atoms with E-state index >= 15 is 0 Å². The molecule has 2 aromatic rings. The summed E-state index contributed by atoms with van der Waals surface area (Å²) in [5.74, 6) is 0.0131. The lowest BCUT2D eigenvalue weighted by Crippen LogP contribution is -2.13. The first-order valence-corrected chi connectivity index (χ1v) is 8.16. The number of hydrogen-bond acceptors (Lipinski definition) is 4. The fourth-order valence-electron chi connectivity index (χ4n) is 2.00. The molecule has 24 heavy (non-hydrogen) atoms. The second-order valence-electron chi connectivity index (χ2n) is 5.33. The van der Waals surface area contributed by atoms with Crippen LogP contribution in [0.25, 0.3) is 0 Å². The topological polar surface area (TPSA) is 64.6 Å². The van der Waals surface area contributed by atoms with Crippen molar-refractivity contribution in [2.24, 2.45) is 0 Å². The summed E-state index contributed by atoms with van der Waals surface area (Å²) in [6.45, 7) is 3.87. The Hall–Kier alpha value is -2.34. The number of anilines is 1. The van der Waals surface area contributed by atoms with Crippen LogP contribution in [0.4, 0.5) is 5.69 Å². The molecule has 2 rings (SSSR count). The van der Waals surface area contributed by atoms with Crippen molar-refractivity contribution in [1.29, 1.82) is 0 Å². The molecule has 0 atom stereocenters. The molecule has 0 unspecified atom stereocenters. The molecule has 0 bridgehead atoms. The maximum Gasteiger partial charge on any atom is 0.337 e. The van der Waals surface area contributed by atoms with E-state index in [1.807, 2.05) is 13.8 Å². The lowest BCUT2D eigenvalue weighted by atomic mass is 10.1. The molecule has 0 aromatic heterocycles. The molecule has 5 nitrogen and oxygen atoms in total. The minimum absolute atomic E-state index is 0.0503. The van der Waals surface area contributed by atoms with Crippen molar-refractivity contribution in [1.82, 2.24) is 0 Å². The number of hydrogen-bond donors (Lipinski definition) is 1. The van der Waals surface area contributed by atoms with E-state index in [0.29, 0.717) is 27.0 Å². The zero-order valence-electron chi connectivity index (χ0n) is 13.6. The van der Waals surface area contributed by atoms with Crippen LogP contribution < -0.4 is 10.1 Å². The van der Waals surface area contributed by atoms with Gasteiger partial charge in [0, 0.05) is 11.3 Å². The number of amides is 1. The molecule has 0 radical (unpaired) electrons. The molecule has 6 heteroatoms. The quantitative estimate of drug-likeness (QED) is 0.772. The second kappa shape index (κ2) is 7.97. The van der Waals surface area contributed by atoms with Gasteiger partial charge in [-0.2, -0.15) is 0 Å². The molecule has 0 saturated carbocycles. The predicted molar refractivity (Wildman–Crippen MR) is 95.6 cm³/mol. The fraction of sp³-hybridized carbons (Fsp3) is 0.222. The largest absolute Gasteiger partial charge is 0.490 e. The second-order valence-corrected chi connectivity index (χ2v) is 6.19. The Morgan fingerprint density at radius 3 is 2.21 bits per heavy atom. The smallest absolute Gasteiger partial charge is 0.337 e. The van der Waals surface area contributed by atoms with Crippen LogP contribution in [0.2, 0.25) is 0 Å². The first kappa shape index (κ1) is 18.0. The Morgan fingerprint density at radius 2 is 1.67 bits per heavy atom. The first-order chi connectivity index (χ1) is 11.4. The van der Waals surface area contributed by atoms with Gasteiger partial charge in [-0.15, -0.1) is 0 Å². The summed E-state index contributed by atoms with van der Waals surface area (Å²) in [5, 5.41) is 2.78. The maximum atomic E-state index is 12.3. The molecule has 0 saturated heterocycles. The average molecular weight is 392 g/mol. The van der Waals surface area contributed by atoms with Gasteiger partial charge >= 0.3 is 5.97 Å². The molecule has 1 amide bonds. The standard InChI is InChI=1S/C18H18BrNO4/c1-11(2)24-16-9-6-13(10-15(16)19)17(21)20-14-7-4-12(5-8-14)18(22)23-3/h4-11H,1-3H3,(H,20,21). The average Bonchev–Trinajstić information content (AvgIpc) is 2.56. The zero-order valence-corrected chi connectivity index (χ0v) is 15.2. The van der Waals surface area contributed by atoms with Crippen LogP contribution in [0.15, 0.2) is 46.9 Å². The Kier molecular flexibility index (Phi) is 5.98. The van der Waals surface area contributed by atoms with Crippen LogP contribution in [0.3, 0.4) is 0 Å². The Balaban J connectivity index is 2.09. The molecule has 0 aliphatic carbocycles. The number of halogens is 1. The van der Waals surface area contributed by atoms with Crippen molar-refractivity contribution in [3.63, 3.8) is 0 Å². The molecule has 0 aliphatic heterocycles. The summed E-state index contributed by atoms with van der Waals surface area (Å²) in [5.41, 5.74) is 1.51. The molecular formula is C18H18BrNO4. The van der Waals surface area contributed by atoms with Crippen molar-refractivity contribution in [3.8, 4) is 5.75 Å². The molecule has 0 heterocycles. The van der Waals surface area contributed by atoms with Crippen LogP contribution in [0.1, 0.15) is 34.6 Å². The number of esters is 1. The Bertz CT molecular complexity index is 741. The highest BCUT2D eigenvalue weighted by Crippen LogP contribution is 2.27. The van der Waals surface area contributed by atoms with Crippen molar-refractivity contribution in [2.75, 3.05) is 12.4 Å². The highest BCUT2D eigenvalue weighted by Gasteiger charge is 2.11. The number of rotatable bonds is 5. The van der Waals surface area contributed by atoms with Crippen molar-refractivity contribution >= 4 is 33.5 Å². The number of nitrogens with one attached hydrogen (secondary N) is 1. The molecule has 2 aromatic carbocycles. The van der Waals surface area contributed by atoms with Gasteiger partial charge in [-0.05, 0) is 72.2 Å². The van der Waals surface area contributed by atoms with Crippen molar-refractivity contribution < 1.29 is 19.1 Å². The van der Waals surface area contributed by atoms with E-state index in [2.05, 4.69) is 26.0 Å². The van der Waals surface area contributed by atoms with Crippen LogP contribution >= 0.6 is 15.9 Å². The molecule has 0 fully saturated rings. The minimum Gasteiger partial charge on any atom is -0.490 e. The monoisotopic (exact) mass is 391 g/mol. The van der Waals surface area contributed by atoms with E-state index in [1.54, 1.807) is 42.5 Å². The lowest BCUT2D eigenvalue weighted by Gasteiger charge is -2.12. The predicted octanol–water partition coefficient (Wildman–Crippen LogP) is 4.28. The van der Waals surface area contributed by atoms with Crippen LogP contribution in [0, 0.1) is 0 Å². The Labute approximate surface area is 149 Å². The highest BCUT2D eigenvalue weighted by molar-refractivity contribution is 9.10. The number of carbonyl (C=O) groups excluding carboxylic acids is 2. The van der Waals surface area contributed by atoms with Gasteiger partial charge in [0.05, 0.1) is 23.2 Å². The van der Waals surface area contributed by atoms with Gasteiger partial charge in [-0.3, -0.25) is 4.79 Å². The van der Waals surface area contributed by atoms with Crippen molar-refractivity contribution in [2.45, 2.75) is 20.0 Å². The number of methoxy groups -OCH3 is 1. The zero-order chi connectivity index (χ0) is 17.7. The summed E-state index contributed by atoms with van der Waals surface area (Å²) >= 11 is 3.41. The SMILES string of the molecule is COC(=O)c1ccc(NC(=O)c2ccc(OC(C)C)c(Br)c2)cc1. The summed E-state index contributed by atoms with van der Waals surface area (Å²) < 4.78 is 11.0. The van der Waals surface area contributed by atoms with E-state index < -0.39 is 5.97 Å². The van der Waals surface area contributed by atoms with E-state index in [0.717, 1.165) is 0 Å². The third-order valence-electron chi connectivity index (χ3n) is 3.12. The number of ether oxygens (including phenoxy) is 2. The van der Waals surface area contributed by atoms with Gasteiger partial charge < -0.3 is 14.8 Å². The van der Waals surface area contributed by atoms with Gasteiger partial charge in [0.25, 0.3) is 5.91 Å². The van der Waals surface area contributed by atoms with E-state index in [1.165, 1.54) is 7.11 Å². The van der Waals surface area contributed by atoms with Gasteiger partial charge in [-0.25, -0.2) is 4.79 Å². The molecule has 1 N–H and O–H groups in total. The van der Waals surface area contributed by atoms with E-state index in [4.69, 9.17) is 4.74 Å². The van der Waals surface area contributed by atoms with Crippen LogP contribution in [0.5, 0.6) is 5.75 Å². The van der Waals surface area contributed by atoms with Crippen LogP contribution in [-0.2, 0) is 4.74 Å². The summed E-state index contributed by atoms with van der Waals surface area (Å²) in [6, 6.07) is 11.6. The van der Waals surface area contributed by atoms with Gasteiger partial charge in [0.15, 0.2) is 0 Å². The minimum atomic E-state index is -0.419. The summed E-state index contributed by atoms with van der Waals surface area (Å²) in [7, 11) is 1.32. The molecule has 126 valence electrons. The van der Waals surface area contributed by atoms with Crippen LogP contribution in [-0.4, -0.2) is 25.1 Å². The van der Waals surface area contributed by atoms with Gasteiger partial charge in [0.1, 0.15) is 5.75 Å². The molecule has 0 aliphatic rings. The number of carbonyl (C=O) groups is 2. The normalized spacial score (nSPS) is 10.4. The fourth-order valence-corrected chi connectivity index (χ4v) is 2.47. The van der Waals surface area contributed by atoms with Gasteiger partial charge in [0.2, 0.25) is 0 Å². The van der Waals surface area contributed by atoms with Crippen molar-refractivity contribution in [3.05, 3.63) is 58.1 Å². The third kappa shape index (κ3) is 4.58. The molecular weight excluding hydrogens is 374 g/mol. The summed E-state index contributed by atoms with van der Waals surface area (Å²) in [4.78, 5) is 23.7. The van der Waals surface area contributed by atoms with E-state index in [9.17, 15) is 9.59 Å². The highest BCUT2D eigenvalue weighted by atomic mass is 79.9. The lowest BCUT2D eigenvalue weighted by molar-refractivity contribution is 0.0600. The maximum absolute atomic E-state index is 12.3. The molecule has 0 spiro atoms. The van der Waals surface area contributed by atoms with E-state index in [-0.39, 0.29) is 12.0 Å². The van der Waals surface area contributed by atoms with Gasteiger partial charge in [-0.1, -0.05) is 0 Å². The summed E-state index contributed by atoms with van der Waals surface area (Å²) in [6.07, 6.45) is 0.0503. The number of benzene rings is 2. The first-order valence-electron chi connectivity index (χ1n) is 7.36. The Morgan fingerprint density at radius 1 is 1.04 bits per heavy atom.